The third-order valence-electron chi connectivity index (χ3n) is 6.11. The van der Waals surface area contributed by atoms with Gasteiger partial charge in [-0.2, -0.15) is 0 Å². The zero-order valence-corrected chi connectivity index (χ0v) is 18.7. The lowest BCUT2D eigenvalue weighted by Gasteiger charge is -2.31. The smallest absolute Gasteiger partial charge is 0.230 e. The van der Waals surface area contributed by atoms with E-state index in [4.69, 9.17) is 9.73 Å². The Balaban J connectivity index is 1.70. The number of amides is 1. The average Bonchev–Trinajstić information content (AvgIpc) is 3.26. The van der Waals surface area contributed by atoms with E-state index in [9.17, 15) is 4.79 Å². The van der Waals surface area contributed by atoms with Crippen molar-refractivity contribution in [1.29, 1.82) is 0 Å². The Kier molecular flexibility index (Phi) is 7.96. The number of hydrogen-bond donors (Lipinski definition) is 2. The fourth-order valence-corrected chi connectivity index (χ4v) is 4.51. The van der Waals surface area contributed by atoms with Crippen molar-refractivity contribution in [3.05, 3.63) is 29.8 Å². The van der Waals surface area contributed by atoms with Crippen LogP contribution < -0.4 is 15.5 Å². The van der Waals surface area contributed by atoms with Crippen molar-refractivity contribution in [2.24, 2.45) is 10.4 Å². The second-order valence-electron chi connectivity index (χ2n) is 8.46. The van der Waals surface area contributed by atoms with Gasteiger partial charge in [-0.05, 0) is 31.4 Å². The predicted octanol–water partition coefficient (Wildman–Crippen LogP) is 2.23. The summed E-state index contributed by atoms with van der Waals surface area (Å²) in [6.45, 7) is 7.43. The summed E-state index contributed by atoms with van der Waals surface area (Å²) in [5, 5.41) is 6.81. The molecule has 2 aliphatic rings. The first-order chi connectivity index (χ1) is 14.6. The van der Waals surface area contributed by atoms with E-state index in [-0.39, 0.29) is 11.3 Å². The number of morpholine rings is 1. The predicted molar refractivity (Wildman–Crippen MR) is 122 cm³/mol. The second-order valence-corrected chi connectivity index (χ2v) is 8.46. The summed E-state index contributed by atoms with van der Waals surface area (Å²) in [6, 6.07) is 8.46. The van der Waals surface area contributed by atoms with Gasteiger partial charge >= 0.3 is 0 Å². The first kappa shape index (κ1) is 22.4. The number of aliphatic imine (C=N–C) groups is 1. The number of nitrogens with one attached hydrogen (secondary N) is 2. The van der Waals surface area contributed by atoms with Crippen LogP contribution in [0.2, 0.25) is 0 Å². The molecule has 30 heavy (non-hydrogen) atoms. The molecule has 166 valence electrons. The molecule has 7 nitrogen and oxygen atoms in total. The summed E-state index contributed by atoms with van der Waals surface area (Å²) in [7, 11) is 3.70. The average molecular weight is 416 g/mol. The van der Waals surface area contributed by atoms with E-state index < -0.39 is 0 Å². The zero-order chi connectivity index (χ0) is 21.4. The molecule has 0 bridgehead atoms. The molecule has 0 spiro atoms. The minimum Gasteiger partial charge on any atom is -0.378 e. The van der Waals surface area contributed by atoms with Gasteiger partial charge in [0.25, 0.3) is 0 Å². The Labute approximate surface area is 180 Å². The number of rotatable bonds is 7. The van der Waals surface area contributed by atoms with Crippen LogP contribution in [0.25, 0.3) is 0 Å². The number of para-hydroxylation sites is 1. The maximum absolute atomic E-state index is 12.8. The highest BCUT2D eigenvalue weighted by molar-refractivity contribution is 5.85. The molecule has 1 aromatic rings. The lowest BCUT2D eigenvalue weighted by molar-refractivity contribution is -0.138. The van der Waals surface area contributed by atoms with E-state index in [1.54, 1.807) is 4.90 Å². The largest absolute Gasteiger partial charge is 0.378 e. The molecule has 0 radical (unpaired) electrons. The number of carbonyl (C=O) groups is 1. The van der Waals surface area contributed by atoms with Crippen molar-refractivity contribution >= 4 is 17.6 Å². The first-order valence-electron chi connectivity index (χ1n) is 11.2. The molecule has 1 amide bonds. The van der Waals surface area contributed by atoms with Gasteiger partial charge < -0.3 is 25.2 Å². The lowest BCUT2D eigenvalue weighted by atomic mass is 9.84. The lowest BCUT2D eigenvalue weighted by Crippen LogP contribution is -2.49. The van der Waals surface area contributed by atoms with Gasteiger partial charge in [0.2, 0.25) is 5.91 Å². The molecule has 1 saturated carbocycles. The molecule has 2 fully saturated rings. The van der Waals surface area contributed by atoms with Gasteiger partial charge in [-0.25, -0.2) is 4.99 Å². The number of guanidine groups is 1. The topological polar surface area (TPSA) is 69.2 Å². The van der Waals surface area contributed by atoms with Crippen molar-refractivity contribution in [3.8, 4) is 0 Å². The highest BCUT2D eigenvalue weighted by Crippen LogP contribution is 2.38. The Bertz CT molecular complexity index is 722. The fourth-order valence-electron chi connectivity index (χ4n) is 4.51. The molecule has 7 heteroatoms. The van der Waals surface area contributed by atoms with Crippen LogP contribution in [0.3, 0.4) is 0 Å². The molecule has 1 aromatic carbocycles. The molecule has 0 atom stereocenters. The van der Waals surface area contributed by atoms with Gasteiger partial charge in [-0.1, -0.05) is 31.0 Å². The number of carbonyl (C=O) groups excluding carboxylic acids is 1. The summed E-state index contributed by atoms with van der Waals surface area (Å²) in [5.74, 6) is 0.994. The molecule has 1 saturated heterocycles. The molecular formula is C23H37N5O2. The minimum absolute atomic E-state index is 0.223. The van der Waals surface area contributed by atoms with E-state index in [0.29, 0.717) is 13.1 Å². The van der Waals surface area contributed by atoms with E-state index in [2.05, 4.69) is 46.7 Å². The van der Waals surface area contributed by atoms with Crippen LogP contribution in [0.15, 0.2) is 29.3 Å². The summed E-state index contributed by atoms with van der Waals surface area (Å²) >= 11 is 0. The van der Waals surface area contributed by atoms with Crippen LogP contribution >= 0.6 is 0 Å². The van der Waals surface area contributed by atoms with Crippen LogP contribution in [0.4, 0.5) is 5.69 Å². The van der Waals surface area contributed by atoms with Gasteiger partial charge in [0.1, 0.15) is 0 Å². The molecule has 0 aromatic heterocycles. The third-order valence-corrected chi connectivity index (χ3v) is 6.11. The Morgan fingerprint density at radius 3 is 2.53 bits per heavy atom. The van der Waals surface area contributed by atoms with Crippen molar-refractivity contribution < 1.29 is 9.53 Å². The molecule has 1 heterocycles. The van der Waals surface area contributed by atoms with Crippen molar-refractivity contribution in [2.75, 3.05) is 58.4 Å². The summed E-state index contributed by atoms with van der Waals surface area (Å²) in [6.07, 6.45) is 4.11. The molecule has 2 N–H and O–H groups in total. The van der Waals surface area contributed by atoms with Gasteiger partial charge in [0.15, 0.2) is 5.96 Å². The second kappa shape index (κ2) is 10.7. The quantitative estimate of drug-likeness (QED) is 0.528. The number of nitrogens with zero attached hydrogens (tertiary/aromatic N) is 3. The third kappa shape index (κ3) is 5.45. The van der Waals surface area contributed by atoms with Gasteiger partial charge in [-0.3, -0.25) is 4.79 Å². The van der Waals surface area contributed by atoms with Crippen LogP contribution in [-0.2, 0) is 16.1 Å². The molecule has 3 rings (SSSR count). The maximum atomic E-state index is 12.8. The SMILES string of the molecule is CCNC(=NCc1ccccc1N1CCOCC1)NCC1(C(=O)N(C)C)CCCC1. The van der Waals surface area contributed by atoms with E-state index in [0.717, 1.165) is 64.5 Å². The number of anilines is 1. The summed E-state index contributed by atoms with van der Waals surface area (Å²) < 4.78 is 5.50. The molecule has 0 unspecified atom stereocenters. The van der Waals surface area contributed by atoms with E-state index >= 15 is 0 Å². The van der Waals surface area contributed by atoms with Crippen LogP contribution in [0.5, 0.6) is 0 Å². The van der Waals surface area contributed by atoms with E-state index in [1.807, 2.05) is 14.1 Å². The van der Waals surface area contributed by atoms with Crippen LogP contribution in [0.1, 0.15) is 38.2 Å². The number of hydrogen-bond acceptors (Lipinski definition) is 4. The first-order valence-corrected chi connectivity index (χ1v) is 11.2. The highest BCUT2D eigenvalue weighted by atomic mass is 16.5. The Morgan fingerprint density at radius 1 is 1.17 bits per heavy atom. The minimum atomic E-state index is -0.314. The molecule has 1 aliphatic carbocycles. The monoisotopic (exact) mass is 415 g/mol. The van der Waals surface area contributed by atoms with E-state index in [1.165, 1.54) is 11.3 Å². The van der Waals surface area contributed by atoms with Gasteiger partial charge in [-0.15, -0.1) is 0 Å². The Hall–Kier alpha value is -2.28. The molecular weight excluding hydrogens is 378 g/mol. The van der Waals surface area contributed by atoms with Crippen molar-refractivity contribution in [2.45, 2.75) is 39.2 Å². The van der Waals surface area contributed by atoms with Crippen LogP contribution in [-0.4, -0.2) is 70.3 Å². The highest BCUT2D eigenvalue weighted by Gasteiger charge is 2.42. The summed E-state index contributed by atoms with van der Waals surface area (Å²) in [5.41, 5.74) is 2.12. The van der Waals surface area contributed by atoms with Crippen molar-refractivity contribution in [1.82, 2.24) is 15.5 Å². The maximum Gasteiger partial charge on any atom is 0.230 e. The van der Waals surface area contributed by atoms with Gasteiger partial charge in [0.05, 0.1) is 25.2 Å². The van der Waals surface area contributed by atoms with Crippen LogP contribution in [0, 0.1) is 5.41 Å². The Morgan fingerprint density at radius 2 is 1.87 bits per heavy atom. The molecule has 1 aliphatic heterocycles. The normalized spacial score (nSPS) is 18.9. The summed E-state index contributed by atoms with van der Waals surface area (Å²) in [4.78, 5) is 21.8. The van der Waals surface area contributed by atoms with Crippen molar-refractivity contribution in [3.63, 3.8) is 0 Å². The zero-order valence-electron chi connectivity index (χ0n) is 18.7. The van der Waals surface area contributed by atoms with Gasteiger partial charge in [0, 0.05) is 46.0 Å². The fraction of sp³-hybridized carbons (Fsp3) is 0.652. The number of benzene rings is 1. The standard InChI is InChI=1S/C23H37N5O2/c1-4-24-22(26-18-23(11-7-8-12-23)21(29)27(2)3)25-17-19-9-5-6-10-20(19)28-13-15-30-16-14-28/h5-6,9-10H,4,7-8,11-18H2,1-3H3,(H2,24,25,26). The number of ether oxygens (including phenoxy) is 1.